The van der Waals surface area contributed by atoms with Crippen LogP contribution in [0.15, 0.2) is 191 Å². The molecular formula is C72H57NO2. The Morgan fingerprint density at radius 1 is 0.347 bits per heavy atom. The molecule has 3 aliphatic carbocycles. The van der Waals surface area contributed by atoms with Crippen molar-refractivity contribution < 1.29 is 8.83 Å². The molecule has 12 aromatic rings. The Labute approximate surface area is 438 Å². The number of fused-ring (bicyclic) bond motifs is 17. The van der Waals surface area contributed by atoms with Gasteiger partial charge in [0.25, 0.3) is 0 Å². The molecule has 0 N–H and O–H groups in total. The normalized spacial score (nSPS) is 15.1. The number of anilines is 3. The lowest BCUT2D eigenvalue weighted by molar-refractivity contribution is 0.651. The fourth-order valence-electron chi connectivity index (χ4n) is 14.2. The van der Waals surface area contributed by atoms with Crippen molar-refractivity contribution in [3.05, 3.63) is 232 Å². The Hall–Kier alpha value is -8.40. The van der Waals surface area contributed by atoms with E-state index in [0.717, 1.165) is 50.2 Å². The summed E-state index contributed by atoms with van der Waals surface area (Å²) in [4.78, 5) is 2.55. The van der Waals surface area contributed by atoms with Gasteiger partial charge < -0.3 is 13.7 Å². The largest absolute Gasteiger partial charge is 0.456 e. The van der Waals surface area contributed by atoms with Gasteiger partial charge in [-0.3, -0.25) is 0 Å². The molecule has 3 heteroatoms. The Kier molecular flexibility index (Phi) is 8.89. The predicted molar refractivity (Wildman–Crippen MR) is 313 cm³/mol. The standard InChI is InChI=1S/C72H57NO2/c1-40-33-41(2)68(42(3)34-40)73(46-27-29-48-53-38-59-54(39-58(53)71(6,7)56(48)35-46)65-55(70(59,4)5)31-32-63-66(65)50-19-13-15-21-61(50)74-63)47-28-30-49-57(36-47)72(8,9)60-37-52(45-25-23-44(24-26-45)43-17-11-10-12-18-43)69-67(64(49)60)51-20-14-16-22-62(51)75-69/h10-39H,1-9H3. The van der Waals surface area contributed by atoms with E-state index in [1.165, 1.54) is 116 Å². The van der Waals surface area contributed by atoms with Crippen LogP contribution < -0.4 is 4.90 Å². The number of rotatable bonds is 5. The van der Waals surface area contributed by atoms with Gasteiger partial charge in [-0.2, -0.15) is 0 Å². The smallest absolute Gasteiger partial charge is 0.143 e. The molecule has 75 heavy (non-hydrogen) atoms. The van der Waals surface area contributed by atoms with Crippen molar-refractivity contribution in [3.8, 4) is 55.6 Å². The average molecular weight is 968 g/mol. The second-order valence-electron chi connectivity index (χ2n) is 23.4. The van der Waals surface area contributed by atoms with Gasteiger partial charge >= 0.3 is 0 Å². The van der Waals surface area contributed by atoms with Gasteiger partial charge in [0.1, 0.15) is 22.3 Å². The van der Waals surface area contributed by atoms with Crippen LogP contribution in [-0.4, -0.2) is 0 Å². The number of furan rings is 2. The van der Waals surface area contributed by atoms with E-state index < -0.39 is 0 Å². The first-order valence-electron chi connectivity index (χ1n) is 26.6. The molecule has 0 unspecified atom stereocenters. The maximum atomic E-state index is 6.92. The van der Waals surface area contributed by atoms with Gasteiger partial charge in [-0.25, -0.2) is 0 Å². The van der Waals surface area contributed by atoms with E-state index >= 15 is 0 Å². The third-order valence-corrected chi connectivity index (χ3v) is 17.9. The van der Waals surface area contributed by atoms with Crippen molar-refractivity contribution in [1.29, 1.82) is 0 Å². The van der Waals surface area contributed by atoms with Crippen molar-refractivity contribution >= 4 is 60.9 Å². The van der Waals surface area contributed by atoms with Crippen molar-refractivity contribution in [2.24, 2.45) is 0 Å². The Morgan fingerprint density at radius 3 is 1.56 bits per heavy atom. The zero-order chi connectivity index (χ0) is 51.0. The van der Waals surface area contributed by atoms with Crippen LogP contribution in [0.25, 0.3) is 99.5 Å². The second kappa shape index (κ2) is 15.1. The maximum absolute atomic E-state index is 6.92. The van der Waals surface area contributed by atoms with Crippen LogP contribution in [0.1, 0.15) is 91.6 Å². The van der Waals surface area contributed by atoms with Gasteiger partial charge in [0.15, 0.2) is 0 Å². The molecule has 0 atom stereocenters. The highest BCUT2D eigenvalue weighted by Gasteiger charge is 2.44. The summed E-state index contributed by atoms with van der Waals surface area (Å²) in [6.45, 7) is 21.2. The maximum Gasteiger partial charge on any atom is 0.143 e. The minimum absolute atomic E-state index is 0.177. The highest BCUT2D eigenvalue weighted by Crippen LogP contribution is 2.60. The van der Waals surface area contributed by atoms with E-state index in [-0.39, 0.29) is 16.2 Å². The van der Waals surface area contributed by atoms with E-state index in [2.05, 4.69) is 249 Å². The van der Waals surface area contributed by atoms with Gasteiger partial charge in [-0.15, -0.1) is 0 Å². The SMILES string of the molecule is Cc1cc(C)c(N(c2ccc3c(c2)C(C)(C)c2cc4c(cc2-3)C(C)(C)c2ccc3oc5ccccc5c3c2-4)c2ccc3c(c2)C(C)(C)c2cc(-c4ccc(-c5ccccc5)cc4)c4oc5ccccc5c4c2-3)c(C)c1. The predicted octanol–water partition coefficient (Wildman–Crippen LogP) is 20.1. The number of hydrogen-bond acceptors (Lipinski definition) is 3. The third-order valence-electron chi connectivity index (χ3n) is 17.9. The Bertz CT molecular complexity index is 4440. The van der Waals surface area contributed by atoms with Crippen LogP contribution >= 0.6 is 0 Å². The summed E-state index contributed by atoms with van der Waals surface area (Å²) in [6, 6.07) is 67.9. The number of aryl methyl sites for hydroxylation is 3. The first-order valence-corrected chi connectivity index (χ1v) is 26.6. The Balaban J connectivity index is 0.889. The number of benzene rings is 10. The first-order chi connectivity index (χ1) is 36.2. The van der Waals surface area contributed by atoms with Crippen molar-refractivity contribution in [2.75, 3.05) is 4.90 Å². The molecule has 0 spiro atoms. The highest BCUT2D eigenvalue weighted by atomic mass is 16.3. The molecular weight excluding hydrogens is 911 g/mol. The lowest BCUT2D eigenvalue weighted by Crippen LogP contribution is -2.19. The summed E-state index contributed by atoms with van der Waals surface area (Å²) in [6.07, 6.45) is 0. The molecule has 0 aliphatic heterocycles. The number of nitrogens with zero attached hydrogens (tertiary/aromatic N) is 1. The average Bonchev–Trinajstić information content (AvgIpc) is 4.16. The lowest BCUT2D eigenvalue weighted by atomic mass is 9.79. The summed E-state index contributed by atoms with van der Waals surface area (Å²) >= 11 is 0. The minimum atomic E-state index is -0.322. The second-order valence-corrected chi connectivity index (χ2v) is 23.4. The summed E-state index contributed by atoms with van der Waals surface area (Å²) < 4.78 is 13.4. The van der Waals surface area contributed by atoms with Crippen LogP contribution in [0.4, 0.5) is 17.1 Å². The van der Waals surface area contributed by atoms with Crippen LogP contribution in [0.5, 0.6) is 0 Å². The molecule has 0 saturated carbocycles. The molecule has 3 nitrogen and oxygen atoms in total. The molecule has 0 radical (unpaired) electrons. The van der Waals surface area contributed by atoms with Crippen LogP contribution in [0.3, 0.4) is 0 Å². The van der Waals surface area contributed by atoms with Crippen LogP contribution in [0, 0.1) is 20.8 Å². The monoisotopic (exact) mass is 967 g/mol. The Morgan fingerprint density at radius 2 is 0.853 bits per heavy atom. The van der Waals surface area contributed by atoms with Gasteiger partial charge in [0.05, 0.1) is 5.69 Å². The van der Waals surface area contributed by atoms with Crippen LogP contribution in [-0.2, 0) is 16.2 Å². The quantitative estimate of drug-likeness (QED) is 0.172. The highest BCUT2D eigenvalue weighted by molar-refractivity contribution is 6.19. The van der Waals surface area contributed by atoms with Crippen molar-refractivity contribution in [2.45, 2.75) is 78.6 Å². The number of para-hydroxylation sites is 2. The molecule has 15 rings (SSSR count). The molecule has 0 bridgehead atoms. The van der Waals surface area contributed by atoms with Crippen molar-refractivity contribution in [3.63, 3.8) is 0 Å². The summed E-state index contributed by atoms with van der Waals surface area (Å²) in [5.41, 5.74) is 30.9. The van der Waals surface area contributed by atoms with E-state index in [0.29, 0.717) is 0 Å². The minimum Gasteiger partial charge on any atom is -0.456 e. The van der Waals surface area contributed by atoms with Gasteiger partial charge in [-0.05, 0) is 176 Å². The zero-order valence-electron chi connectivity index (χ0n) is 44.1. The lowest BCUT2D eigenvalue weighted by Gasteiger charge is -2.32. The molecule has 362 valence electrons. The van der Waals surface area contributed by atoms with E-state index in [9.17, 15) is 0 Å². The summed E-state index contributed by atoms with van der Waals surface area (Å²) in [7, 11) is 0. The molecule has 10 aromatic carbocycles. The molecule has 2 heterocycles. The first kappa shape index (κ1) is 44.1. The van der Waals surface area contributed by atoms with E-state index in [1.54, 1.807) is 0 Å². The fourth-order valence-corrected chi connectivity index (χ4v) is 14.2. The van der Waals surface area contributed by atoms with E-state index in [1.807, 2.05) is 0 Å². The van der Waals surface area contributed by atoms with E-state index in [4.69, 9.17) is 8.83 Å². The summed E-state index contributed by atoms with van der Waals surface area (Å²) in [5.74, 6) is 0. The third kappa shape index (κ3) is 5.98. The molecule has 0 amide bonds. The van der Waals surface area contributed by atoms with Gasteiger partial charge in [0.2, 0.25) is 0 Å². The van der Waals surface area contributed by atoms with Gasteiger partial charge in [0, 0.05) is 54.7 Å². The van der Waals surface area contributed by atoms with Crippen LogP contribution in [0.2, 0.25) is 0 Å². The molecule has 0 saturated heterocycles. The number of hydrogen-bond donors (Lipinski definition) is 0. The fraction of sp³-hybridized carbons (Fsp3) is 0.167. The molecule has 3 aliphatic rings. The van der Waals surface area contributed by atoms with Crippen molar-refractivity contribution in [1.82, 2.24) is 0 Å². The topological polar surface area (TPSA) is 29.5 Å². The zero-order valence-corrected chi connectivity index (χ0v) is 44.1. The molecule has 2 aromatic heterocycles. The van der Waals surface area contributed by atoms with Gasteiger partial charge in [-0.1, -0.05) is 168 Å². The molecule has 0 fully saturated rings. The summed E-state index contributed by atoms with van der Waals surface area (Å²) in [5, 5.41) is 4.74.